The Morgan fingerprint density at radius 3 is 2.78 bits per heavy atom. The molecule has 1 aromatic carbocycles. The van der Waals surface area contributed by atoms with Crippen molar-refractivity contribution in [2.75, 3.05) is 13.2 Å². The fourth-order valence-electron chi connectivity index (χ4n) is 2.48. The van der Waals surface area contributed by atoms with Crippen molar-refractivity contribution in [3.63, 3.8) is 0 Å². The van der Waals surface area contributed by atoms with Gasteiger partial charge in [0.05, 0.1) is 11.6 Å². The lowest BCUT2D eigenvalue weighted by molar-refractivity contribution is 0.299. The van der Waals surface area contributed by atoms with Crippen LogP contribution in [0.15, 0.2) is 18.2 Å². The molecule has 3 rings (SSSR count). The van der Waals surface area contributed by atoms with E-state index in [9.17, 15) is 0 Å². The van der Waals surface area contributed by atoms with Gasteiger partial charge in [-0.15, -0.1) is 0 Å². The van der Waals surface area contributed by atoms with Gasteiger partial charge in [-0.25, -0.2) is 0 Å². The van der Waals surface area contributed by atoms with Crippen LogP contribution in [0.5, 0.6) is 5.75 Å². The second-order valence-corrected chi connectivity index (χ2v) is 5.85. The molecule has 0 spiro atoms. The van der Waals surface area contributed by atoms with Crippen LogP contribution < -0.4 is 10.1 Å². The first-order chi connectivity index (χ1) is 8.83. The maximum Gasteiger partial charge on any atom is 0.137 e. The zero-order valence-corrected chi connectivity index (χ0v) is 11.4. The molecule has 2 fully saturated rings. The van der Waals surface area contributed by atoms with Gasteiger partial charge in [0, 0.05) is 6.04 Å². The second kappa shape index (κ2) is 5.50. The molecule has 98 valence electrons. The first-order valence-corrected chi connectivity index (χ1v) is 7.36. The Morgan fingerprint density at radius 1 is 1.22 bits per heavy atom. The van der Waals surface area contributed by atoms with Crippen LogP contribution in [0.3, 0.4) is 0 Å². The van der Waals surface area contributed by atoms with Gasteiger partial charge in [0.15, 0.2) is 0 Å². The monoisotopic (exact) mass is 265 g/mol. The van der Waals surface area contributed by atoms with Gasteiger partial charge < -0.3 is 10.1 Å². The molecule has 1 saturated heterocycles. The molecule has 18 heavy (non-hydrogen) atoms. The van der Waals surface area contributed by atoms with Crippen LogP contribution in [0.4, 0.5) is 0 Å². The molecule has 0 radical (unpaired) electrons. The largest absolute Gasteiger partial charge is 0.492 e. The molecule has 2 aliphatic rings. The highest BCUT2D eigenvalue weighted by atomic mass is 35.5. The molecule has 0 aromatic heterocycles. The SMILES string of the molecule is Clc1cc(C2CCCCN2)ccc1OCC1CC1. The molecule has 1 aliphatic carbocycles. The molecular formula is C15H20ClNO. The molecule has 1 heterocycles. The van der Waals surface area contributed by atoms with Crippen LogP contribution in [-0.2, 0) is 0 Å². The summed E-state index contributed by atoms with van der Waals surface area (Å²) in [6.07, 6.45) is 6.41. The van der Waals surface area contributed by atoms with E-state index in [1.165, 1.54) is 37.7 Å². The van der Waals surface area contributed by atoms with E-state index in [1.807, 2.05) is 6.07 Å². The van der Waals surface area contributed by atoms with Crippen molar-refractivity contribution in [3.05, 3.63) is 28.8 Å². The van der Waals surface area contributed by atoms with E-state index in [2.05, 4.69) is 17.4 Å². The van der Waals surface area contributed by atoms with Gasteiger partial charge in [-0.3, -0.25) is 0 Å². The highest BCUT2D eigenvalue weighted by molar-refractivity contribution is 6.32. The van der Waals surface area contributed by atoms with Gasteiger partial charge in [0.25, 0.3) is 0 Å². The number of nitrogens with one attached hydrogen (secondary N) is 1. The molecule has 0 amide bonds. The molecular weight excluding hydrogens is 246 g/mol. The van der Waals surface area contributed by atoms with E-state index in [4.69, 9.17) is 16.3 Å². The summed E-state index contributed by atoms with van der Waals surface area (Å²) in [5, 5.41) is 4.29. The van der Waals surface area contributed by atoms with Gasteiger partial charge in [0.2, 0.25) is 0 Å². The molecule has 3 heteroatoms. The third-order valence-corrected chi connectivity index (χ3v) is 4.14. The van der Waals surface area contributed by atoms with Crippen LogP contribution in [-0.4, -0.2) is 13.2 Å². The van der Waals surface area contributed by atoms with E-state index in [1.54, 1.807) is 0 Å². The molecule has 1 atom stereocenters. The lowest BCUT2D eigenvalue weighted by atomic mass is 9.97. The van der Waals surface area contributed by atoms with Crippen molar-refractivity contribution >= 4 is 11.6 Å². The minimum atomic E-state index is 0.466. The second-order valence-electron chi connectivity index (χ2n) is 5.45. The van der Waals surface area contributed by atoms with Crippen LogP contribution in [0, 0.1) is 5.92 Å². The van der Waals surface area contributed by atoms with Gasteiger partial charge in [-0.2, -0.15) is 0 Å². The Hall–Kier alpha value is -0.730. The van der Waals surface area contributed by atoms with Gasteiger partial charge in [-0.1, -0.05) is 24.1 Å². The summed E-state index contributed by atoms with van der Waals surface area (Å²) in [5.74, 6) is 1.60. The molecule has 1 aliphatic heterocycles. The van der Waals surface area contributed by atoms with Crippen molar-refractivity contribution in [2.45, 2.75) is 38.1 Å². The summed E-state index contributed by atoms with van der Waals surface area (Å²) in [4.78, 5) is 0. The number of benzene rings is 1. The van der Waals surface area contributed by atoms with Crippen molar-refractivity contribution in [3.8, 4) is 5.75 Å². The van der Waals surface area contributed by atoms with Crippen molar-refractivity contribution < 1.29 is 4.74 Å². The zero-order valence-electron chi connectivity index (χ0n) is 10.6. The Morgan fingerprint density at radius 2 is 2.11 bits per heavy atom. The number of rotatable bonds is 4. The maximum absolute atomic E-state index is 6.30. The third-order valence-electron chi connectivity index (χ3n) is 3.84. The highest BCUT2D eigenvalue weighted by Gasteiger charge is 2.22. The Bertz CT molecular complexity index is 411. The van der Waals surface area contributed by atoms with Crippen LogP contribution in [0.25, 0.3) is 0 Å². The first kappa shape index (κ1) is 12.3. The predicted octanol–water partition coefficient (Wildman–Crippen LogP) is 3.94. The molecule has 0 bridgehead atoms. The Kier molecular flexibility index (Phi) is 3.76. The summed E-state index contributed by atoms with van der Waals surface area (Å²) in [6, 6.07) is 6.70. The average molecular weight is 266 g/mol. The zero-order chi connectivity index (χ0) is 12.4. The van der Waals surface area contributed by atoms with Crippen molar-refractivity contribution in [1.29, 1.82) is 0 Å². The third kappa shape index (κ3) is 2.99. The number of halogens is 1. The summed E-state index contributed by atoms with van der Waals surface area (Å²) in [6.45, 7) is 1.93. The normalized spacial score (nSPS) is 23.9. The number of hydrogen-bond acceptors (Lipinski definition) is 2. The van der Waals surface area contributed by atoms with Gasteiger partial charge in [0.1, 0.15) is 5.75 Å². The van der Waals surface area contributed by atoms with Crippen LogP contribution >= 0.6 is 11.6 Å². The molecule has 2 nitrogen and oxygen atoms in total. The van der Waals surface area contributed by atoms with E-state index < -0.39 is 0 Å². The Balaban J connectivity index is 1.66. The first-order valence-electron chi connectivity index (χ1n) is 6.98. The van der Waals surface area contributed by atoms with Crippen molar-refractivity contribution in [2.24, 2.45) is 5.92 Å². The fraction of sp³-hybridized carbons (Fsp3) is 0.600. The number of piperidine rings is 1. The molecule has 1 unspecified atom stereocenters. The predicted molar refractivity (Wildman–Crippen MR) is 74.3 cm³/mol. The fourth-order valence-corrected chi connectivity index (χ4v) is 2.72. The summed E-state index contributed by atoms with van der Waals surface area (Å²) in [5.41, 5.74) is 1.29. The lowest BCUT2D eigenvalue weighted by Gasteiger charge is -2.24. The standard InChI is InChI=1S/C15H20ClNO/c16-13-9-12(14-3-1-2-8-17-14)6-7-15(13)18-10-11-4-5-11/h6-7,9,11,14,17H,1-5,8,10H2. The lowest BCUT2D eigenvalue weighted by Crippen LogP contribution is -2.26. The molecule has 1 saturated carbocycles. The highest BCUT2D eigenvalue weighted by Crippen LogP contribution is 2.33. The smallest absolute Gasteiger partial charge is 0.137 e. The quantitative estimate of drug-likeness (QED) is 0.890. The summed E-state index contributed by atoms with van der Waals surface area (Å²) < 4.78 is 5.75. The summed E-state index contributed by atoms with van der Waals surface area (Å²) >= 11 is 6.30. The van der Waals surface area contributed by atoms with Crippen LogP contribution in [0.1, 0.15) is 43.7 Å². The van der Waals surface area contributed by atoms with E-state index in [0.29, 0.717) is 6.04 Å². The average Bonchev–Trinajstić information content (AvgIpc) is 3.22. The molecule has 1 N–H and O–H groups in total. The van der Waals surface area contributed by atoms with E-state index >= 15 is 0 Å². The van der Waals surface area contributed by atoms with E-state index in [0.717, 1.165) is 29.8 Å². The Labute approximate surface area is 114 Å². The minimum absolute atomic E-state index is 0.466. The molecule has 1 aromatic rings. The number of hydrogen-bond donors (Lipinski definition) is 1. The minimum Gasteiger partial charge on any atom is -0.492 e. The van der Waals surface area contributed by atoms with Crippen molar-refractivity contribution in [1.82, 2.24) is 5.32 Å². The topological polar surface area (TPSA) is 21.3 Å². The van der Waals surface area contributed by atoms with Gasteiger partial charge in [-0.05, 0) is 55.8 Å². The van der Waals surface area contributed by atoms with Gasteiger partial charge >= 0.3 is 0 Å². The van der Waals surface area contributed by atoms with E-state index in [-0.39, 0.29) is 0 Å². The number of ether oxygens (including phenoxy) is 1. The maximum atomic E-state index is 6.30. The van der Waals surface area contributed by atoms with Crippen LogP contribution in [0.2, 0.25) is 5.02 Å². The summed E-state index contributed by atoms with van der Waals surface area (Å²) in [7, 11) is 0.